The molecule has 0 amide bonds. The molecule has 5 heteroatoms. The van der Waals surface area contributed by atoms with Crippen molar-refractivity contribution >= 4 is 22.6 Å². The highest BCUT2D eigenvalue weighted by Gasteiger charge is 2.45. The van der Waals surface area contributed by atoms with Crippen LogP contribution in [0.3, 0.4) is 0 Å². The zero-order valence-electron chi connectivity index (χ0n) is 21.5. The summed E-state index contributed by atoms with van der Waals surface area (Å²) in [5.74, 6) is 2.51. The summed E-state index contributed by atoms with van der Waals surface area (Å²) in [5.41, 5.74) is 13.1. The van der Waals surface area contributed by atoms with Gasteiger partial charge in [-0.2, -0.15) is 0 Å². The van der Waals surface area contributed by atoms with Crippen molar-refractivity contribution in [2.45, 2.75) is 16.4 Å². The van der Waals surface area contributed by atoms with Crippen molar-refractivity contribution in [2.24, 2.45) is 17.6 Å². The molecule has 4 nitrogen and oxygen atoms in total. The Morgan fingerprint density at radius 1 is 0.789 bits per heavy atom. The molecule has 1 aliphatic carbocycles. The van der Waals surface area contributed by atoms with Gasteiger partial charge in [-0.05, 0) is 57.6 Å². The average Bonchev–Trinajstić information content (AvgIpc) is 3.23. The number of rotatable bonds is 9. The molecule has 0 saturated carbocycles. The lowest BCUT2D eigenvalue weighted by Gasteiger charge is -2.34. The number of alkyl halides is 1. The van der Waals surface area contributed by atoms with E-state index in [-0.39, 0.29) is 9.97 Å². The fourth-order valence-electron chi connectivity index (χ4n) is 5.54. The number of nitrogens with two attached hydrogens (primary N) is 1. The predicted molar refractivity (Wildman–Crippen MR) is 160 cm³/mol. The number of hydrogen-bond acceptors (Lipinski definition) is 4. The number of benzene rings is 4. The van der Waals surface area contributed by atoms with Gasteiger partial charge in [0.05, 0.1) is 35.9 Å². The average molecular weight is 618 g/mol. The van der Waals surface area contributed by atoms with Gasteiger partial charge in [-0.15, -0.1) is 0 Å². The minimum absolute atomic E-state index is 0.0654. The first-order valence-corrected chi connectivity index (χ1v) is 14.5. The lowest BCUT2D eigenvalue weighted by molar-refractivity contribution is -0.0508. The van der Waals surface area contributed by atoms with E-state index in [4.69, 9.17) is 19.9 Å². The first kappa shape index (κ1) is 25.4. The van der Waals surface area contributed by atoms with Crippen LogP contribution in [0.1, 0.15) is 29.2 Å². The molecular weight excluding hydrogens is 585 g/mol. The highest BCUT2D eigenvalue weighted by atomic mass is 127. The Balaban J connectivity index is 1.42. The zero-order valence-corrected chi connectivity index (χ0v) is 23.6. The molecule has 2 aliphatic rings. The van der Waals surface area contributed by atoms with Gasteiger partial charge in [-0.25, -0.2) is 0 Å². The largest absolute Gasteiger partial charge is 0.493 e. The van der Waals surface area contributed by atoms with Crippen molar-refractivity contribution in [1.29, 1.82) is 0 Å². The zero-order chi connectivity index (χ0) is 26.1. The second kappa shape index (κ2) is 10.7. The van der Waals surface area contributed by atoms with Crippen molar-refractivity contribution in [3.8, 4) is 22.6 Å². The molecule has 0 aromatic heterocycles. The van der Waals surface area contributed by atoms with Crippen LogP contribution >= 0.6 is 22.6 Å². The van der Waals surface area contributed by atoms with Crippen molar-refractivity contribution in [1.82, 2.24) is 0 Å². The fraction of sp³-hybridized carbons (Fsp3) is 0.273. The topological polar surface area (TPSA) is 53.7 Å². The molecule has 2 N–H and O–H groups in total. The molecule has 1 fully saturated rings. The van der Waals surface area contributed by atoms with Gasteiger partial charge in [0.1, 0.15) is 11.5 Å². The Morgan fingerprint density at radius 2 is 1.29 bits per heavy atom. The Labute approximate surface area is 238 Å². The maximum Gasteiger partial charge on any atom is 0.119 e. The van der Waals surface area contributed by atoms with Gasteiger partial charge < -0.3 is 19.9 Å². The molecule has 2 unspecified atom stereocenters. The molecule has 1 aliphatic heterocycles. The molecule has 1 heterocycles. The Kier molecular flexibility index (Phi) is 7.16. The number of hydrogen-bond donors (Lipinski definition) is 1. The van der Waals surface area contributed by atoms with Crippen LogP contribution in [0.4, 0.5) is 0 Å². The van der Waals surface area contributed by atoms with E-state index in [0.29, 0.717) is 19.1 Å². The maximum atomic E-state index is 6.09. The number of ether oxygens (including phenoxy) is 3. The van der Waals surface area contributed by atoms with Gasteiger partial charge in [0.15, 0.2) is 0 Å². The molecule has 1 saturated heterocycles. The van der Waals surface area contributed by atoms with Crippen LogP contribution in [-0.2, 0) is 10.2 Å². The van der Waals surface area contributed by atoms with Crippen LogP contribution in [0, 0.1) is 11.8 Å². The number of fused-ring (bicyclic) bond motifs is 3. The van der Waals surface area contributed by atoms with E-state index < -0.39 is 5.41 Å². The molecule has 0 bridgehead atoms. The maximum absolute atomic E-state index is 6.09. The van der Waals surface area contributed by atoms with Crippen LogP contribution in [0.15, 0.2) is 97.1 Å². The molecule has 0 spiro atoms. The molecule has 0 radical (unpaired) electrons. The monoisotopic (exact) mass is 617 g/mol. The molecule has 4 aromatic rings. The van der Waals surface area contributed by atoms with E-state index in [1.807, 2.05) is 0 Å². The van der Waals surface area contributed by atoms with Crippen molar-refractivity contribution < 1.29 is 14.2 Å². The summed E-state index contributed by atoms with van der Waals surface area (Å²) < 4.78 is 17.5. The van der Waals surface area contributed by atoms with E-state index >= 15 is 0 Å². The van der Waals surface area contributed by atoms with Gasteiger partial charge in [-0.3, -0.25) is 0 Å². The van der Waals surface area contributed by atoms with E-state index in [0.717, 1.165) is 24.7 Å². The Morgan fingerprint density at radius 3 is 1.76 bits per heavy atom. The second-order valence-corrected chi connectivity index (χ2v) is 11.8. The SMILES string of the molecule is CC(COc1ccc(C2(c3ccc(OCC4COC4)cc3)c3ccccc3-c3ccccc32)cc1)C(N)I. The summed E-state index contributed by atoms with van der Waals surface area (Å²) >= 11 is 2.25. The first-order valence-electron chi connectivity index (χ1n) is 13.2. The molecule has 194 valence electrons. The second-order valence-electron chi connectivity index (χ2n) is 10.3. The van der Waals surface area contributed by atoms with Gasteiger partial charge in [-0.1, -0.05) is 102 Å². The van der Waals surface area contributed by atoms with Gasteiger partial charge in [0, 0.05) is 11.8 Å². The highest BCUT2D eigenvalue weighted by molar-refractivity contribution is 14.1. The van der Waals surface area contributed by atoms with Gasteiger partial charge >= 0.3 is 0 Å². The summed E-state index contributed by atoms with van der Waals surface area (Å²) in [6.45, 7) is 4.98. The minimum Gasteiger partial charge on any atom is -0.493 e. The Hall–Kier alpha value is -2.87. The molecule has 38 heavy (non-hydrogen) atoms. The van der Waals surface area contributed by atoms with E-state index in [9.17, 15) is 0 Å². The van der Waals surface area contributed by atoms with E-state index in [1.165, 1.54) is 33.4 Å². The minimum atomic E-state index is -0.441. The van der Waals surface area contributed by atoms with Crippen LogP contribution in [0.2, 0.25) is 0 Å². The Bertz CT molecular complexity index is 1350. The van der Waals surface area contributed by atoms with E-state index in [2.05, 4.69) is 127 Å². The van der Waals surface area contributed by atoms with Crippen molar-refractivity contribution in [2.75, 3.05) is 26.4 Å². The quantitative estimate of drug-likeness (QED) is 0.112. The summed E-state index contributed by atoms with van der Waals surface area (Å²) in [5, 5.41) is 0. The summed E-state index contributed by atoms with van der Waals surface area (Å²) in [6.07, 6.45) is 0. The fourth-order valence-corrected chi connectivity index (χ4v) is 5.75. The normalized spacial score (nSPS) is 17.1. The van der Waals surface area contributed by atoms with Crippen molar-refractivity contribution in [3.05, 3.63) is 119 Å². The highest BCUT2D eigenvalue weighted by Crippen LogP contribution is 2.56. The van der Waals surface area contributed by atoms with Crippen LogP contribution < -0.4 is 15.2 Å². The van der Waals surface area contributed by atoms with E-state index in [1.54, 1.807) is 0 Å². The molecular formula is C33H32INO3. The third-order valence-corrected chi connectivity index (χ3v) is 9.00. The lowest BCUT2D eigenvalue weighted by Crippen LogP contribution is -2.32. The third kappa shape index (κ3) is 4.51. The smallest absolute Gasteiger partial charge is 0.119 e. The van der Waals surface area contributed by atoms with Crippen molar-refractivity contribution in [3.63, 3.8) is 0 Å². The summed E-state index contributed by atoms with van der Waals surface area (Å²) in [7, 11) is 0. The van der Waals surface area contributed by atoms with Gasteiger partial charge in [0.25, 0.3) is 0 Å². The molecule has 2 atom stereocenters. The molecule has 4 aromatic carbocycles. The third-order valence-electron chi connectivity index (χ3n) is 7.78. The first-order chi connectivity index (χ1) is 18.6. The van der Waals surface area contributed by atoms with Crippen LogP contribution in [0.25, 0.3) is 11.1 Å². The van der Waals surface area contributed by atoms with Gasteiger partial charge in [0.2, 0.25) is 0 Å². The van der Waals surface area contributed by atoms with Crippen LogP contribution in [-0.4, -0.2) is 30.5 Å². The molecule has 6 rings (SSSR count). The standard InChI is InChI=1S/C33H32INO3/c1-22(32(34)35)18-37-26-14-10-24(11-15-26)33(25-12-16-27(17-13-25)38-21-23-19-36-20-23)30-8-4-2-6-28(30)29-7-3-5-9-31(29)33/h2-17,22-23,32H,18-21,35H2,1H3. The summed E-state index contributed by atoms with van der Waals surface area (Å²) in [4.78, 5) is 0. The predicted octanol–water partition coefficient (Wildman–Crippen LogP) is 6.81. The number of halogens is 1. The van der Waals surface area contributed by atoms with Crippen LogP contribution in [0.5, 0.6) is 11.5 Å². The summed E-state index contributed by atoms with van der Waals surface area (Å²) in [6, 6.07) is 34.8. The lowest BCUT2D eigenvalue weighted by atomic mass is 9.68.